The molecule has 0 saturated heterocycles. The molecule has 1 aromatic carbocycles. The van der Waals surface area contributed by atoms with E-state index in [1.807, 2.05) is 19.1 Å². The summed E-state index contributed by atoms with van der Waals surface area (Å²) in [6.07, 6.45) is 0. The largest absolute Gasteiger partial charge is 0.358 e. The van der Waals surface area contributed by atoms with Crippen molar-refractivity contribution < 1.29 is 32.7 Å². The third-order valence-corrected chi connectivity index (χ3v) is 1.10. The second-order valence-electron chi connectivity index (χ2n) is 2.05. The van der Waals surface area contributed by atoms with Crippen molar-refractivity contribution in [3.8, 4) is 0 Å². The molecule has 1 heteroatoms. The van der Waals surface area contributed by atoms with Crippen LogP contribution < -0.4 is 0 Å². The SMILES string of the molecule is Cc1[c-]ccc(C)c1.[CH3-].[Y]. The van der Waals surface area contributed by atoms with Gasteiger partial charge in [0.25, 0.3) is 0 Å². The van der Waals surface area contributed by atoms with Crippen molar-refractivity contribution in [1.82, 2.24) is 0 Å². The van der Waals surface area contributed by atoms with Crippen molar-refractivity contribution in [3.63, 3.8) is 0 Å². The first-order valence-corrected chi connectivity index (χ1v) is 2.74. The van der Waals surface area contributed by atoms with Crippen LogP contribution in [0.25, 0.3) is 0 Å². The van der Waals surface area contributed by atoms with Gasteiger partial charge in [0, 0.05) is 32.7 Å². The van der Waals surface area contributed by atoms with Gasteiger partial charge in [-0.2, -0.15) is 35.4 Å². The minimum atomic E-state index is 0. The zero-order valence-corrected chi connectivity index (χ0v) is 9.65. The van der Waals surface area contributed by atoms with E-state index < -0.39 is 0 Å². The quantitative estimate of drug-likeness (QED) is 0.576. The van der Waals surface area contributed by atoms with Gasteiger partial charge in [0.05, 0.1) is 0 Å². The van der Waals surface area contributed by atoms with E-state index in [2.05, 4.69) is 19.1 Å². The molecule has 0 nitrogen and oxygen atoms in total. The van der Waals surface area contributed by atoms with Gasteiger partial charge in [0.1, 0.15) is 0 Å². The monoisotopic (exact) mass is 209 g/mol. The molecule has 0 aliphatic rings. The van der Waals surface area contributed by atoms with Crippen LogP contribution in [0.5, 0.6) is 0 Å². The fourth-order valence-corrected chi connectivity index (χ4v) is 0.736. The maximum absolute atomic E-state index is 3.07. The predicted octanol–water partition coefficient (Wildman–Crippen LogP) is 2.55. The average molecular weight is 209 g/mol. The summed E-state index contributed by atoms with van der Waals surface area (Å²) in [5.41, 5.74) is 2.52. The van der Waals surface area contributed by atoms with Crippen molar-refractivity contribution in [3.05, 3.63) is 42.8 Å². The van der Waals surface area contributed by atoms with Crippen LogP contribution in [-0.4, -0.2) is 0 Å². The van der Waals surface area contributed by atoms with Crippen molar-refractivity contribution in [2.45, 2.75) is 13.8 Å². The fraction of sp³-hybridized carbons (Fsp3) is 0.222. The van der Waals surface area contributed by atoms with E-state index in [1.165, 1.54) is 11.1 Å². The summed E-state index contributed by atoms with van der Waals surface area (Å²) in [6.45, 7) is 4.13. The standard InChI is InChI=1S/C8H9.CH3.Y/c1-7-4-3-5-8(2)6-7;;/h3-4,6H,1-2H3;1H3;/q2*-1;. The van der Waals surface area contributed by atoms with Crippen LogP contribution >= 0.6 is 0 Å². The normalized spacial score (nSPS) is 7.40. The molecule has 53 valence electrons. The van der Waals surface area contributed by atoms with Crippen LogP contribution in [0.15, 0.2) is 18.2 Å². The topological polar surface area (TPSA) is 0 Å². The first kappa shape index (κ1) is 13.0. The van der Waals surface area contributed by atoms with Crippen molar-refractivity contribution in [2.24, 2.45) is 0 Å². The molecule has 0 aliphatic carbocycles. The summed E-state index contributed by atoms with van der Waals surface area (Å²) in [5, 5.41) is 0. The summed E-state index contributed by atoms with van der Waals surface area (Å²) in [5.74, 6) is 0. The zero-order valence-electron chi connectivity index (χ0n) is 6.81. The molecular weight excluding hydrogens is 197 g/mol. The number of aryl methyl sites for hydroxylation is 2. The zero-order chi connectivity index (χ0) is 5.98. The Morgan fingerprint density at radius 3 is 2.20 bits per heavy atom. The average Bonchev–Trinajstić information content (AvgIpc) is 1.64. The van der Waals surface area contributed by atoms with Crippen LogP contribution in [-0.2, 0) is 32.7 Å². The number of rotatable bonds is 0. The second kappa shape index (κ2) is 6.06. The molecule has 0 spiro atoms. The first-order valence-electron chi connectivity index (χ1n) is 2.74. The molecule has 0 saturated carbocycles. The second-order valence-corrected chi connectivity index (χ2v) is 2.05. The molecule has 0 fully saturated rings. The van der Waals surface area contributed by atoms with Crippen LogP contribution in [0.3, 0.4) is 0 Å². The van der Waals surface area contributed by atoms with Gasteiger partial charge in [0.2, 0.25) is 0 Å². The van der Waals surface area contributed by atoms with E-state index in [0.717, 1.165) is 0 Å². The Kier molecular flexibility index (Phi) is 7.85. The Balaban J connectivity index is 0. The van der Waals surface area contributed by atoms with E-state index >= 15 is 0 Å². The molecule has 0 aliphatic heterocycles. The number of hydrogen-bond acceptors (Lipinski definition) is 0. The molecule has 10 heavy (non-hydrogen) atoms. The Bertz CT molecular complexity index is 165. The van der Waals surface area contributed by atoms with E-state index in [0.29, 0.717) is 0 Å². The maximum atomic E-state index is 3.07. The smallest absolute Gasteiger partial charge is 0 e. The predicted molar refractivity (Wildman–Crippen MR) is 41.2 cm³/mol. The van der Waals surface area contributed by atoms with E-state index in [1.54, 1.807) is 0 Å². The number of hydrogen-bond donors (Lipinski definition) is 0. The van der Waals surface area contributed by atoms with Gasteiger partial charge in [-0.1, -0.05) is 13.8 Å². The fourth-order valence-electron chi connectivity index (χ4n) is 0.736. The van der Waals surface area contributed by atoms with Gasteiger partial charge in [-0.3, -0.25) is 0 Å². The third-order valence-electron chi connectivity index (χ3n) is 1.10. The first-order chi connectivity index (χ1) is 3.79. The van der Waals surface area contributed by atoms with Crippen LogP contribution in [0.4, 0.5) is 0 Å². The summed E-state index contributed by atoms with van der Waals surface area (Å²) >= 11 is 0. The molecule has 0 aromatic heterocycles. The minimum Gasteiger partial charge on any atom is -0.358 e. The molecule has 0 heterocycles. The van der Waals surface area contributed by atoms with E-state index in [4.69, 9.17) is 0 Å². The summed E-state index contributed by atoms with van der Waals surface area (Å²) in [4.78, 5) is 0. The Labute approximate surface area is 88.9 Å². The number of benzene rings is 1. The minimum absolute atomic E-state index is 0. The molecule has 1 rings (SSSR count). The van der Waals surface area contributed by atoms with Gasteiger partial charge in [-0.15, -0.1) is 0 Å². The van der Waals surface area contributed by atoms with E-state index in [-0.39, 0.29) is 40.1 Å². The van der Waals surface area contributed by atoms with Crippen LogP contribution in [0.2, 0.25) is 0 Å². The van der Waals surface area contributed by atoms with Gasteiger partial charge in [-0.05, 0) is 0 Å². The van der Waals surface area contributed by atoms with Crippen molar-refractivity contribution in [2.75, 3.05) is 0 Å². The van der Waals surface area contributed by atoms with Gasteiger partial charge < -0.3 is 7.43 Å². The Morgan fingerprint density at radius 1 is 1.30 bits per heavy atom. The Morgan fingerprint density at radius 2 is 1.90 bits per heavy atom. The van der Waals surface area contributed by atoms with Gasteiger partial charge in [0.15, 0.2) is 0 Å². The molecular formula is C9H12Y-2. The maximum Gasteiger partial charge on any atom is 0 e. The molecule has 0 bridgehead atoms. The molecule has 0 N–H and O–H groups in total. The molecule has 1 radical (unpaired) electrons. The third kappa shape index (κ3) is 4.19. The van der Waals surface area contributed by atoms with Crippen molar-refractivity contribution in [1.29, 1.82) is 0 Å². The molecule has 0 atom stereocenters. The summed E-state index contributed by atoms with van der Waals surface area (Å²) in [6, 6.07) is 9.18. The van der Waals surface area contributed by atoms with Crippen LogP contribution in [0.1, 0.15) is 11.1 Å². The van der Waals surface area contributed by atoms with Gasteiger partial charge >= 0.3 is 0 Å². The molecule has 0 amide bonds. The van der Waals surface area contributed by atoms with Crippen molar-refractivity contribution >= 4 is 0 Å². The summed E-state index contributed by atoms with van der Waals surface area (Å²) in [7, 11) is 0. The molecule has 0 unspecified atom stereocenters. The molecule has 1 aromatic rings. The van der Waals surface area contributed by atoms with Gasteiger partial charge in [-0.25, -0.2) is 0 Å². The Hall–Kier alpha value is 0.324. The van der Waals surface area contributed by atoms with E-state index in [9.17, 15) is 0 Å². The van der Waals surface area contributed by atoms with Crippen LogP contribution in [0, 0.1) is 27.3 Å². The summed E-state index contributed by atoms with van der Waals surface area (Å²) < 4.78 is 0.